The first-order chi connectivity index (χ1) is 13.8. The molecule has 0 saturated heterocycles. The molecule has 2 aromatic carbocycles. The summed E-state index contributed by atoms with van der Waals surface area (Å²) in [7, 11) is -2.51. The molecule has 0 aliphatic heterocycles. The fourth-order valence-electron chi connectivity index (χ4n) is 2.31. The lowest BCUT2D eigenvalue weighted by Crippen LogP contribution is -2.26. The van der Waals surface area contributed by atoms with Gasteiger partial charge in [0.25, 0.3) is 10.0 Å². The Morgan fingerprint density at radius 3 is 2.52 bits per heavy atom. The van der Waals surface area contributed by atoms with Crippen LogP contribution >= 0.6 is 11.3 Å². The third-order valence-electron chi connectivity index (χ3n) is 3.81. The number of halogens is 1. The van der Waals surface area contributed by atoms with Crippen molar-refractivity contribution in [1.82, 2.24) is 14.5 Å². The zero-order valence-corrected chi connectivity index (χ0v) is 17.0. The van der Waals surface area contributed by atoms with E-state index in [1.54, 1.807) is 6.08 Å². The van der Waals surface area contributed by atoms with Crippen LogP contribution in [0.4, 0.5) is 9.52 Å². The summed E-state index contributed by atoms with van der Waals surface area (Å²) in [6, 6.07) is 14.8. The molecule has 10 heteroatoms. The summed E-state index contributed by atoms with van der Waals surface area (Å²) in [5.41, 5.74) is 1.48. The van der Waals surface area contributed by atoms with E-state index < -0.39 is 21.7 Å². The van der Waals surface area contributed by atoms with E-state index in [4.69, 9.17) is 0 Å². The average Bonchev–Trinajstić information content (AvgIpc) is 3.18. The van der Waals surface area contributed by atoms with Crippen LogP contribution in [0.25, 0.3) is 6.08 Å². The summed E-state index contributed by atoms with van der Waals surface area (Å²) in [5, 5.41) is 9.97. The maximum Gasteiger partial charge on any atom is 0.272 e. The van der Waals surface area contributed by atoms with Gasteiger partial charge in [0, 0.05) is 19.7 Å². The molecule has 7 nitrogen and oxygen atoms in total. The molecule has 1 amide bonds. The highest BCUT2D eigenvalue weighted by Gasteiger charge is 2.26. The molecule has 0 radical (unpaired) electrons. The summed E-state index contributed by atoms with van der Waals surface area (Å²) >= 11 is 0.753. The van der Waals surface area contributed by atoms with Crippen molar-refractivity contribution in [1.29, 1.82) is 0 Å². The van der Waals surface area contributed by atoms with Gasteiger partial charge in [0.1, 0.15) is 5.82 Å². The molecule has 0 atom stereocenters. The smallest absolute Gasteiger partial charge is 0.272 e. The van der Waals surface area contributed by atoms with Crippen LogP contribution in [-0.4, -0.2) is 35.9 Å². The summed E-state index contributed by atoms with van der Waals surface area (Å²) in [6.45, 7) is 0.0453. The number of nitrogens with zero attached hydrogens (tertiary/aromatic N) is 3. The van der Waals surface area contributed by atoms with Crippen molar-refractivity contribution in [3.05, 3.63) is 77.6 Å². The van der Waals surface area contributed by atoms with Gasteiger partial charge in [-0.1, -0.05) is 53.8 Å². The predicted molar refractivity (Wildman–Crippen MR) is 109 cm³/mol. The summed E-state index contributed by atoms with van der Waals surface area (Å²) < 4.78 is 39.1. The average molecular weight is 433 g/mol. The van der Waals surface area contributed by atoms with Crippen molar-refractivity contribution in [2.75, 3.05) is 12.4 Å². The van der Waals surface area contributed by atoms with E-state index in [9.17, 15) is 17.6 Å². The topological polar surface area (TPSA) is 92.3 Å². The standard InChI is InChI=1S/C19H17FN4O3S2/c1-24(13-15-7-10-16(20)11-8-15)29(26,27)19-23-22-18(28-19)21-17(25)12-9-14-5-3-2-4-6-14/h2-12H,13H2,1H3,(H,21,22,25)/b12-9+. The number of nitrogens with one attached hydrogen (secondary N) is 1. The number of anilines is 1. The summed E-state index contributed by atoms with van der Waals surface area (Å²) in [5.74, 6) is -0.848. The predicted octanol–water partition coefficient (Wildman–Crippen LogP) is 3.15. The first kappa shape index (κ1) is 20.8. The molecular formula is C19H17FN4O3S2. The molecular weight excluding hydrogens is 415 g/mol. The van der Waals surface area contributed by atoms with Crippen LogP contribution < -0.4 is 5.32 Å². The van der Waals surface area contributed by atoms with Gasteiger partial charge in [0.2, 0.25) is 15.4 Å². The minimum absolute atomic E-state index is 0.0453. The molecule has 0 aliphatic rings. The number of carbonyl (C=O) groups is 1. The molecule has 0 spiro atoms. The van der Waals surface area contributed by atoms with Crippen LogP contribution in [0.3, 0.4) is 0 Å². The minimum atomic E-state index is -3.90. The van der Waals surface area contributed by atoms with E-state index in [-0.39, 0.29) is 16.0 Å². The number of carbonyl (C=O) groups excluding carboxylic acids is 1. The van der Waals surface area contributed by atoms with Gasteiger partial charge in [0.15, 0.2) is 0 Å². The van der Waals surface area contributed by atoms with Crippen LogP contribution in [0.2, 0.25) is 0 Å². The van der Waals surface area contributed by atoms with Crippen molar-refractivity contribution in [3.63, 3.8) is 0 Å². The van der Waals surface area contributed by atoms with Crippen molar-refractivity contribution < 1.29 is 17.6 Å². The quantitative estimate of drug-likeness (QED) is 0.457. The van der Waals surface area contributed by atoms with Gasteiger partial charge in [-0.25, -0.2) is 12.8 Å². The van der Waals surface area contributed by atoms with Crippen LogP contribution in [0.1, 0.15) is 11.1 Å². The van der Waals surface area contributed by atoms with Gasteiger partial charge in [0.05, 0.1) is 0 Å². The van der Waals surface area contributed by atoms with Crippen LogP contribution in [0.15, 0.2) is 65.0 Å². The molecule has 0 aliphatic carbocycles. The number of aromatic nitrogens is 2. The van der Waals surface area contributed by atoms with E-state index in [1.807, 2.05) is 30.3 Å². The molecule has 1 N–H and O–H groups in total. The Labute approximate surface area is 171 Å². The first-order valence-corrected chi connectivity index (χ1v) is 10.7. The largest absolute Gasteiger partial charge is 0.297 e. The number of benzene rings is 2. The second-order valence-electron chi connectivity index (χ2n) is 5.99. The zero-order valence-electron chi connectivity index (χ0n) is 15.3. The Kier molecular flexibility index (Phi) is 6.47. The van der Waals surface area contributed by atoms with Gasteiger partial charge in [-0.2, -0.15) is 4.31 Å². The van der Waals surface area contributed by atoms with Gasteiger partial charge in [-0.3, -0.25) is 10.1 Å². The van der Waals surface area contributed by atoms with Crippen LogP contribution in [0.5, 0.6) is 0 Å². The van der Waals surface area contributed by atoms with Crippen molar-refractivity contribution >= 4 is 38.5 Å². The highest BCUT2D eigenvalue weighted by molar-refractivity contribution is 7.91. The van der Waals surface area contributed by atoms with Gasteiger partial charge < -0.3 is 0 Å². The Bertz CT molecular complexity index is 1110. The third kappa shape index (κ3) is 5.53. The summed E-state index contributed by atoms with van der Waals surface area (Å²) in [6.07, 6.45) is 2.95. The van der Waals surface area contributed by atoms with E-state index >= 15 is 0 Å². The van der Waals surface area contributed by atoms with Crippen LogP contribution in [0, 0.1) is 5.82 Å². The molecule has 1 aromatic heterocycles. The van der Waals surface area contributed by atoms with Gasteiger partial charge in [-0.05, 0) is 29.3 Å². The van der Waals surface area contributed by atoms with Gasteiger partial charge in [-0.15, -0.1) is 10.2 Å². The number of hydrogen-bond donors (Lipinski definition) is 1. The third-order valence-corrected chi connectivity index (χ3v) is 6.80. The SMILES string of the molecule is CN(Cc1ccc(F)cc1)S(=O)(=O)c1nnc(NC(=O)/C=C/c2ccccc2)s1. The Morgan fingerprint density at radius 1 is 1.14 bits per heavy atom. The van der Waals surface area contributed by atoms with E-state index in [0.717, 1.165) is 21.2 Å². The van der Waals surface area contributed by atoms with Crippen molar-refractivity contribution in [2.24, 2.45) is 0 Å². The first-order valence-electron chi connectivity index (χ1n) is 8.43. The maximum absolute atomic E-state index is 13.0. The fourth-order valence-corrected chi connectivity index (χ4v) is 4.56. The molecule has 0 fully saturated rings. The lowest BCUT2D eigenvalue weighted by atomic mass is 10.2. The highest BCUT2D eigenvalue weighted by Crippen LogP contribution is 2.23. The van der Waals surface area contributed by atoms with Gasteiger partial charge >= 0.3 is 0 Å². The molecule has 29 heavy (non-hydrogen) atoms. The molecule has 0 saturated carbocycles. The lowest BCUT2D eigenvalue weighted by molar-refractivity contribution is -0.111. The van der Waals surface area contributed by atoms with Crippen molar-refractivity contribution in [2.45, 2.75) is 10.9 Å². The maximum atomic E-state index is 13.0. The molecule has 0 unspecified atom stereocenters. The Morgan fingerprint density at radius 2 is 1.83 bits per heavy atom. The number of amides is 1. The Hall–Kier alpha value is -2.95. The van der Waals surface area contributed by atoms with Crippen molar-refractivity contribution in [3.8, 4) is 0 Å². The molecule has 150 valence electrons. The molecule has 3 rings (SSSR count). The second kappa shape index (κ2) is 9.03. The number of sulfonamides is 1. The highest BCUT2D eigenvalue weighted by atomic mass is 32.2. The molecule has 1 heterocycles. The minimum Gasteiger partial charge on any atom is -0.297 e. The summed E-state index contributed by atoms with van der Waals surface area (Å²) in [4.78, 5) is 12.0. The molecule has 0 bridgehead atoms. The lowest BCUT2D eigenvalue weighted by Gasteiger charge is -2.14. The van der Waals surface area contributed by atoms with E-state index in [2.05, 4.69) is 15.5 Å². The normalized spacial score (nSPS) is 11.8. The number of rotatable bonds is 7. The zero-order chi connectivity index (χ0) is 20.9. The van der Waals surface area contributed by atoms with E-state index in [0.29, 0.717) is 5.56 Å². The van der Waals surface area contributed by atoms with E-state index in [1.165, 1.54) is 37.4 Å². The monoisotopic (exact) mass is 432 g/mol. The second-order valence-corrected chi connectivity index (χ2v) is 9.19. The number of hydrogen-bond acceptors (Lipinski definition) is 6. The van der Waals surface area contributed by atoms with Crippen LogP contribution in [-0.2, 0) is 21.4 Å². The Balaban J connectivity index is 1.65. The fraction of sp³-hybridized carbons (Fsp3) is 0.105. The molecule has 3 aromatic rings.